The molecule has 0 fully saturated rings. The third kappa shape index (κ3) is 2.61. The van der Waals surface area contributed by atoms with Crippen LogP contribution < -0.4 is 4.74 Å². The first-order chi connectivity index (χ1) is 8.31. The molecule has 0 saturated carbocycles. The number of methoxy groups -OCH3 is 1. The van der Waals surface area contributed by atoms with Crippen molar-refractivity contribution in [2.45, 2.75) is 20.3 Å². The zero-order valence-corrected chi connectivity index (χ0v) is 10.6. The molecule has 0 spiro atoms. The molecule has 0 aromatic heterocycles. The van der Waals surface area contributed by atoms with Gasteiger partial charge in [-0.15, -0.1) is 0 Å². The van der Waals surface area contributed by atoms with Gasteiger partial charge in [-0.05, 0) is 37.5 Å². The fourth-order valence-corrected chi connectivity index (χ4v) is 1.70. The van der Waals surface area contributed by atoms with Gasteiger partial charge >= 0.3 is 11.9 Å². The zero-order chi connectivity index (χ0) is 13.9. The molecule has 2 N–H and O–H groups in total. The summed E-state index contributed by atoms with van der Waals surface area (Å²) in [6, 6.07) is 5.12. The first-order valence-corrected chi connectivity index (χ1v) is 5.41. The van der Waals surface area contributed by atoms with E-state index in [1.165, 1.54) is 6.92 Å². The zero-order valence-electron chi connectivity index (χ0n) is 10.6. The third-order valence-corrected chi connectivity index (χ3v) is 2.96. The maximum Gasteiger partial charge on any atom is 0.321 e. The summed E-state index contributed by atoms with van der Waals surface area (Å²) in [6.45, 7) is 3.03. The summed E-state index contributed by atoms with van der Waals surface area (Å²) in [5, 5.41) is 18.1. The van der Waals surface area contributed by atoms with E-state index in [1.807, 2.05) is 6.92 Å². The van der Waals surface area contributed by atoms with Crippen LogP contribution in [0.15, 0.2) is 18.2 Å². The summed E-state index contributed by atoms with van der Waals surface area (Å²) in [7, 11) is 1.54. The summed E-state index contributed by atoms with van der Waals surface area (Å²) in [5.41, 5.74) is -0.324. The number of rotatable bonds is 5. The third-order valence-electron chi connectivity index (χ3n) is 2.96. The fourth-order valence-electron chi connectivity index (χ4n) is 1.70. The predicted molar refractivity (Wildman–Crippen MR) is 64.8 cm³/mol. The average Bonchev–Trinajstić information content (AvgIpc) is 2.28. The Balaban J connectivity index is 3.06. The Kier molecular flexibility index (Phi) is 3.96. The quantitative estimate of drug-likeness (QED) is 0.779. The maximum absolute atomic E-state index is 11.1. The Hall–Kier alpha value is -2.04. The SMILES string of the molecule is COc1ccc(CC(C)(C(=O)O)C(=O)O)cc1C. The van der Waals surface area contributed by atoms with Crippen LogP contribution in [-0.2, 0) is 16.0 Å². The van der Waals surface area contributed by atoms with Gasteiger partial charge in [0.05, 0.1) is 7.11 Å². The standard InChI is InChI=1S/C13H16O5/c1-8-6-9(4-5-10(8)18-3)7-13(2,11(14)15)12(16)17/h4-6H,7H2,1-3H3,(H,14,15)(H,16,17). The number of benzene rings is 1. The molecule has 0 heterocycles. The second kappa shape index (κ2) is 5.08. The van der Waals surface area contributed by atoms with Crippen molar-refractivity contribution in [1.82, 2.24) is 0 Å². The van der Waals surface area contributed by atoms with E-state index in [1.54, 1.807) is 25.3 Å². The van der Waals surface area contributed by atoms with Crippen molar-refractivity contribution in [2.75, 3.05) is 7.11 Å². The van der Waals surface area contributed by atoms with Gasteiger partial charge in [0.1, 0.15) is 5.75 Å². The van der Waals surface area contributed by atoms with E-state index in [0.717, 1.165) is 5.56 Å². The van der Waals surface area contributed by atoms with Crippen LogP contribution in [0.25, 0.3) is 0 Å². The van der Waals surface area contributed by atoms with Crippen molar-refractivity contribution in [1.29, 1.82) is 0 Å². The van der Waals surface area contributed by atoms with Crippen molar-refractivity contribution in [3.8, 4) is 5.75 Å². The van der Waals surface area contributed by atoms with Gasteiger partial charge in [0.2, 0.25) is 0 Å². The second-order valence-electron chi connectivity index (χ2n) is 4.42. The first kappa shape index (κ1) is 14.0. The molecule has 0 aliphatic rings. The van der Waals surface area contributed by atoms with E-state index in [2.05, 4.69) is 0 Å². The van der Waals surface area contributed by atoms with Gasteiger partial charge in [0.15, 0.2) is 5.41 Å². The van der Waals surface area contributed by atoms with Crippen LogP contribution in [0.2, 0.25) is 0 Å². The van der Waals surface area contributed by atoms with E-state index in [0.29, 0.717) is 11.3 Å². The van der Waals surface area contributed by atoms with Gasteiger partial charge in [-0.25, -0.2) is 0 Å². The molecule has 18 heavy (non-hydrogen) atoms. The van der Waals surface area contributed by atoms with Crippen LogP contribution in [0.3, 0.4) is 0 Å². The van der Waals surface area contributed by atoms with Crippen molar-refractivity contribution in [2.24, 2.45) is 5.41 Å². The first-order valence-electron chi connectivity index (χ1n) is 5.41. The van der Waals surface area contributed by atoms with Crippen molar-refractivity contribution < 1.29 is 24.5 Å². The molecule has 0 unspecified atom stereocenters. The van der Waals surface area contributed by atoms with Crippen LogP contribution in [0.5, 0.6) is 5.75 Å². The van der Waals surface area contributed by atoms with Gasteiger partial charge < -0.3 is 14.9 Å². The Bertz CT molecular complexity index is 464. The highest BCUT2D eigenvalue weighted by Crippen LogP contribution is 2.26. The van der Waals surface area contributed by atoms with Crippen molar-refractivity contribution in [3.63, 3.8) is 0 Å². The number of ether oxygens (including phenoxy) is 1. The van der Waals surface area contributed by atoms with E-state index < -0.39 is 17.4 Å². The number of carbonyl (C=O) groups is 2. The number of hydrogen-bond donors (Lipinski definition) is 2. The fraction of sp³-hybridized carbons (Fsp3) is 0.385. The Morgan fingerprint density at radius 2 is 1.83 bits per heavy atom. The number of carboxylic acid groups (broad SMARTS) is 2. The Morgan fingerprint density at radius 1 is 1.28 bits per heavy atom. The van der Waals surface area contributed by atoms with Crippen molar-refractivity contribution in [3.05, 3.63) is 29.3 Å². The highest BCUT2D eigenvalue weighted by molar-refractivity contribution is 5.98. The maximum atomic E-state index is 11.1. The summed E-state index contributed by atoms with van der Waals surface area (Å²) < 4.78 is 5.09. The van der Waals surface area contributed by atoms with Crippen LogP contribution >= 0.6 is 0 Å². The van der Waals surface area contributed by atoms with Crippen molar-refractivity contribution >= 4 is 11.9 Å². The lowest BCUT2D eigenvalue weighted by atomic mass is 9.83. The lowest BCUT2D eigenvalue weighted by molar-refractivity contribution is -0.163. The molecular weight excluding hydrogens is 236 g/mol. The summed E-state index contributed by atoms with van der Waals surface area (Å²) >= 11 is 0. The van der Waals surface area contributed by atoms with Crippen LogP contribution in [0.1, 0.15) is 18.1 Å². The van der Waals surface area contributed by atoms with E-state index in [-0.39, 0.29) is 6.42 Å². The van der Waals surface area contributed by atoms with Crippen LogP contribution in [0.4, 0.5) is 0 Å². The van der Waals surface area contributed by atoms with Gasteiger partial charge in [-0.3, -0.25) is 9.59 Å². The Morgan fingerprint density at radius 3 is 2.22 bits per heavy atom. The van der Waals surface area contributed by atoms with Gasteiger partial charge in [0, 0.05) is 0 Å². The molecule has 5 nitrogen and oxygen atoms in total. The molecule has 0 bridgehead atoms. The van der Waals surface area contributed by atoms with Gasteiger partial charge in [0.25, 0.3) is 0 Å². The second-order valence-corrected chi connectivity index (χ2v) is 4.42. The van der Waals surface area contributed by atoms with Gasteiger partial charge in [-0.1, -0.05) is 12.1 Å². The lowest BCUT2D eigenvalue weighted by Crippen LogP contribution is -2.38. The smallest absolute Gasteiger partial charge is 0.321 e. The minimum absolute atomic E-state index is 0.0670. The molecule has 0 aliphatic heterocycles. The highest BCUT2D eigenvalue weighted by Gasteiger charge is 2.41. The number of hydrogen-bond acceptors (Lipinski definition) is 3. The monoisotopic (exact) mass is 252 g/mol. The largest absolute Gasteiger partial charge is 0.496 e. The molecule has 1 aromatic carbocycles. The molecule has 1 aromatic rings. The normalized spacial score (nSPS) is 11.1. The topological polar surface area (TPSA) is 83.8 Å². The molecule has 0 radical (unpaired) electrons. The molecule has 0 atom stereocenters. The van der Waals surface area contributed by atoms with E-state index >= 15 is 0 Å². The van der Waals surface area contributed by atoms with Crippen LogP contribution in [0, 0.1) is 12.3 Å². The molecule has 98 valence electrons. The average molecular weight is 252 g/mol. The minimum Gasteiger partial charge on any atom is -0.496 e. The number of aryl methyl sites for hydroxylation is 1. The molecule has 1 rings (SSSR count). The minimum atomic E-state index is -1.82. The molecule has 0 saturated heterocycles. The summed E-state index contributed by atoms with van der Waals surface area (Å²) in [4.78, 5) is 22.1. The van der Waals surface area contributed by atoms with E-state index in [4.69, 9.17) is 14.9 Å². The predicted octanol–water partition coefficient (Wildman–Crippen LogP) is 1.72. The Labute approximate surface area is 105 Å². The molecular formula is C13H16O5. The van der Waals surface area contributed by atoms with E-state index in [9.17, 15) is 9.59 Å². The summed E-state index contributed by atoms with van der Waals surface area (Å²) in [6.07, 6.45) is -0.0670. The molecule has 0 aliphatic carbocycles. The number of carboxylic acids is 2. The summed E-state index contributed by atoms with van der Waals surface area (Å²) in [5.74, 6) is -2.00. The number of aliphatic carboxylic acids is 2. The van der Waals surface area contributed by atoms with Crippen LogP contribution in [-0.4, -0.2) is 29.3 Å². The lowest BCUT2D eigenvalue weighted by Gasteiger charge is -2.20. The molecule has 5 heteroatoms. The highest BCUT2D eigenvalue weighted by atomic mass is 16.5. The van der Waals surface area contributed by atoms with Gasteiger partial charge in [-0.2, -0.15) is 0 Å². The molecule has 0 amide bonds.